The fourth-order valence-corrected chi connectivity index (χ4v) is 4.28. The van der Waals surface area contributed by atoms with Gasteiger partial charge in [0.1, 0.15) is 17.5 Å². The van der Waals surface area contributed by atoms with Crippen LogP contribution in [0.15, 0.2) is 18.5 Å². The Kier molecular flexibility index (Phi) is 5.92. The van der Waals surface area contributed by atoms with Crippen molar-refractivity contribution in [2.75, 3.05) is 37.7 Å². The maximum absolute atomic E-state index is 6.30. The van der Waals surface area contributed by atoms with E-state index in [1.807, 2.05) is 25.4 Å². The number of aromatic nitrogens is 4. The summed E-state index contributed by atoms with van der Waals surface area (Å²) in [4.78, 5) is 21.7. The zero-order valence-corrected chi connectivity index (χ0v) is 17.2. The van der Waals surface area contributed by atoms with Crippen molar-refractivity contribution in [2.24, 2.45) is 0 Å². The molecule has 0 bridgehead atoms. The Labute approximate surface area is 167 Å². The van der Waals surface area contributed by atoms with Crippen molar-refractivity contribution in [3.05, 3.63) is 35.8 Å². The number of imidazole rings is 1. The van der Waals surface area contributed by atoms with Crippen molar-refractivity contribution in [2.45, 2.75) is 58.1 Å². The Balaban J connectivity index is 1.32. The fourth-order valence-electron chi connectivity index (χ4n) is 4.28. The number of morpholine rings is 1. The van der Waals surface area contributed by atoms with Gasteiger partial charge in [0, 0.05) is 57.2 Å². The monoisotopic (exact) mass is 384 g/mol. The zero-order valence-electron chi connectivity index (χ0n) is 17.2. The summed E-state index contributed by atoms with van der Waals surface area (Å²) in [6.07, 6.45) is 9.42. The van der Waals surface area contributed by atoms with Gasteiger partial charge >= 0.3 is 0 Å². The lowest BCUT2D eigenvalue weighted by Gasteiger charge is -2.47. The van der Waals surface area contributed by atoms with Gasteiger partial charge in [-0.2, -0.15) is 0 Å². The van der Waals surface area contributed by atoms with Crippen molar-refractivity contribution in [3.63, 3.8) is 0 Å². The average molecular weight is 385 g/mol. The van der Waals surface area contributed by atoms with Gasteiger partial charge in [0.05, 0.1) is 12.2 Å². The Hall–Kier alpha value is -1.99. The van der Waals surface area contributed by atoms with Crippen LogP contribution >= 0.6 is 0 Å². The number of likely N-dealkylation sites (tertiary alicyclic amines) is 1. The van der Waals surface area contributed by atoms with Gasteiger partial charge in [-0.05, 0) is 32.3 Å². The van der Waals surface area contributed by atoms with Crippen molar-refractivity contribution in [1.29, 1.82) is 0 Å². The second kappa shape index (κ2) is 8.57. The molecule has 2 aromatic rings. The molecule has 1 N–H and O–H groups in total. The number of hydrogen-bond acceptors (Lipinski definition) is 6. The Morgan fingerprint density at radius 3 is 2.86 bits per heavy atom. The molecule has 4 rings (SSSR count). The summed E-state index contributed by atoms with van der Waals surface area (Å²) in [6, 6.07) is 2.01. The van der Waals surface area contributed by atoms with Crippen LogP contribution in [0.25, 0.3) is 0 Å². The molecule has 2 saturated heterocycles. The Bertz CT molecular complexity index is 768. The molecule has 28 heavy (non-hydrogen) atoms. The topological polar surface area (TPSA) is 70.2 Å². The maximum Gasteiger partial charge on any atom is 0.132 e. The minimum Gasteiger partial charge on any atom is -0.371 e. The maximum atomic E-state index is 6.30. The van der Waals surface area contributed by atoms with Crippen molar-refractivity contribution in [1.82, 2.24) is 24.8 Å². The number of nitrogens with one attached hydrogen (secondary N) is 1. The minimum atomic E-state index is -0.0477. The summed E-state index contributed by atoms with van der Waals surface area (Å²) in [7, 11) is 0. The smallest absolute Gasteiger partial charge is 0.132 e. The van der Waals surface area contributed by atoms with Gasteiger partial charge in [0.2, 0.25) is 0 Å². The van der Waals surface area contributed by atoms with Crippen molar-refractivity contribution >= 4 is 5.82 Å². The summed E-state index contributed by atoms with van der Waals surface area (Å²) < 4.78 is 6.30. The van der Waals surface area contributed by atoms with E-state index in [1.54, 1.807) is 0 Å². The third kappa shape index (κ3) is 4.52. The van der Waals surface area contributed by atoms with Gasteiger partial charge < -0.3 is 14.6 Å². The summed E-state index contributed by atoms with van der Waals surface area (Å²) in [5.74, 6) is 2.97. The molecular weight excluding hydrogens is 352 g/mol. The number of piperidine rings is 1. The molecule has 7 heteroatoms. The van der Waals surface area contributed by atoms with E-state index in [9.17, 15) is 0 Å². The SMILES string of the molecule is CCCCc1ncc(CN2CCC3(CC2)CN(c2ccnc(C)n2)CCO3)[nH]1. The predicted molar refractivity (Wildman–Crippen MR) is 109 cm³/mol. The summed E-state index contributed by atoms with van der Waals surface area (Å²) >= 11 is 0. The van der Waals surface area contributed by atoms with Gasteiger partial charge in [-0.25, -0.2) is 15.0 Å². The number of aromatic amines is 1. The van der Waals surface area contributed by atoms with Gasteiger partial charge in [0.15, 0.2) is 0 Å². The average Bonchev–Trinajstić information content (AvgIpc) is 3.16. The number of anilines is 1. The lowest BCUT2D eigenvalue weighted by molar-refractivity contribution is -0.0923. The van der Waals surface area contributed by atoms with E-state index in [2.05, 4.69) is 36.7 Å². The normalized spacial score (nSPS) is 20.0. The van der Waals surface area contributed by atoms with Crippen LogP contribution in [0.2, 0.25) is 0 Å². The highest BCUT2D eigenvalue weighted by Crippen LogP contribution is 2.32. The van der Waals surface area contributed by atoms with E-state index in [4.69, 9.17) is 4.74 Å². The first-order valence-electron chi connectivity index (χ1n) is 10.6. The number of aryl methyl sites for hydroxylation is 2. The van der Waals surface area contributed by atoms with Crippen molar-refractivity contribution < 1.29 is 4.74 Å². The van der Waals surface area contributed by atoms with Crippen LogP contribution in [0, 0.1) is 6.92 Å². The van der Waals surface area contributed by atoms with Crippen molar-refractivity contribution in [3.8, 4) is 0 Å². The molecule has 2 aromatic heterocycles. The lowest BCUT2D eigenvalue weighted by Crippen LogP contribution is -2.57. The molecule has 0 aromatic carbocycles. The first kappa shape index (κ1) is 19.3. The quantitative estimate of drug-likeness (QED) is 0.826. The summed E-state index contributed by atoms with van der Waals surface area (Å²) in [5, 5.41) is 0. The van der Waals surface area contributed by atoms with Crippen LogP contribution in [-0.2, 0) is 17.7 Å². The number of H-pyrrole nitrogens is 1. The molecule has 0 saturated carbocycles. The van der Waals surface area contributed by atoms with Crippen LogP contribution in [-0.4, -0.2) is 63.2 Å². The molecule has 0 unspecified atom stereocenters. The third-order valence-corrected chi connectivity index (χ3v) is 5.94. The molecule has 0 aliphatic carbocycles. The molecule has 1 spiro atoms. The fraction of sp³-hybridized carbons (Fsp3) is 0.667. The lowest BCUT2D eigenvalue weighted by atomic mass is 9.89. The summed E-state index contributed by atoms with van der Waals surface area (Å²) in [6.45, 7) is 9.81. The van der Waals surface area contributed by atoms with Gasteiger partial charge in [-0.3, -0.25) is 4.90 Å². The molecule has 7 nitrogen and oxygen atoms in total. The van der Waals surface area contributed by atoms with E-state index >= 15 is 0 Å². The Morgan fingerprint density at radius 2 is 2.07 bits per heavy atom. The molecule has 0 radical (unpaired) electrons. The first-order valence-corrected chi connectivity index (χ1v) is 10.6. The molecule has 0 amide bonds. The molecule has 2 aliphatic heterocycles. The van der Waals surface area contributed by atoms with Gasteiger partial charge in [-0.1, -0.05) is 13.3 Å². The van der Waals surface area contributed by atoms with Crippen LogP contribution in [0.5, 0.6) is 0 Å². The van der Waals surface area contributed by atoms with Crippen LogP contribution < -0.4 is 4.90 Å². The molecular formula is C21H32N6O. The van der Waals surface area contributed by atoms with E-state index in [1.165, 1.54) is 18.5 Å². The highest BCUT2D eigenvalue weighted by Gasteiger charge is 2.40. The standard InChI is InChI=1S/C21H32N6O/c1-3-4-5-19-23-14-18(25-19)15-26-10-7-21(8-11-26)16-27(12-13-28-21)20-6-9-22-17(2)24-20/h6,9,14H,3-5,7-8,10-13,15-16H2,1-2H3,(H,23,25). The van der Waals surface area contributed by atoms with Crippen LogP contribution in [0.1, 0.15) is 49.9 Å². The highest BCUT2D eigenvalue weighted by molar-refractivity contribution is 5.38. The number of unbranched alkanes of at least 4 members (excludes halogenated alkanes) is 1. The second-order valence-electron chi connectivity index (χ2n) is 8.15. The summed E-state index contributed by atoms with van der Waals surface area (Å²) in [5.41, 5.74) is 1.18. The van der Waals surface area contributed by atoms with E-state index in [0.29, 0.717) is 0 Å². The first-order chi connectivity index (χ1) is 13.7. The van der Waals surface area contributed by atoms with Crippen LogP contribution in [0.3, 0.4) is 0 Å². The zero-order chi connectivity index (χ0) is 19.4. The minimum absolute atomic E-state index is 0.0477. The van der Waals surface area contributed by atoms with E-state index in [-0.39, 0.29) is 5.60 Å². The number of hydrogen-bond donors (Lipinski definition) is 1. The second-order valence-corrected chi connectivity index (χ2v) is 8.15. The predicted octanol–water partition coefficient (Wildman–Crippen LogP) is 2.72. The van der Waals surface area contributed by atoms with Crippen LogP contribution in [0.4, 0.5) is 5.82 Å². The molecule has 0 atom stereocenters. The van der Waals surface area contributed by atoms with E-state index in [0.717, 1.165) is 76.1 Å². The highest BCUT2D eigenvalue weighted by atomic mass is 16.5. The molecule has 152 valence electrons. The van der Waals surface area contributed by atoms with Gasteiger partial charge in [0.25, 0.3) is 0 Å². The third-order valence-electron chi connectivity index (χ3n) is 5.94. The van der Waals surface area contributed by atoms with E-state index < -0.39 is 0 Å². The number of ether oxygens (including phenoxy) is 1. The van der Waals surface area contributed by atoms with Gasteiger partial charge in [-0.15, -0.1) is 0 Å². The Morgan fingerprint density at radius 1 is 1.21 bits per heavy atom. The molecule has 4 heterocycles. The molecule has 2 fully saturated rings. The number of nitrogens with zero attached hydrogens (tertiary/aromatic N) is 5. The molecule has 2 aliphatic rings. The number of rotatable bonds is 6. The largest absolute Gasteiger partial charge is 0.371 e.